The smallest absolute Gasteiger partial charge is 0.326 e. The number of ether oxygens (including phenoxy) is 2. The summed E-state index contributed by atoms with van der Waals surface area (Å²) in [7, 11) is 4.66. The summed E-state index contributed by atoms with van der Waals surface area (Å²) in [6.07, 6.45) is 3.27. The van der Waals surface area contributed by atoms with E-state index < -0.39 is 53.5 Å². The SMILES string of the molecule is CCC.COC(CC(=O)N1CCCC1C(OC)C(C)C(=O)NC(Cc1ccccc1)C(=O)O)C(C1CC1)N(C)C(=O)CNC(=O)C(C)(C)N. The predicted molar refractivity (Wildman–Crippen MR) is 186 cm³/mol. The summed E-state index contributed by atoms with van der Waals surface area (Å²) in [6.45, 7) is 9.30. The van der Waals surface area contributed by atoms with Gasteiger partial charge in [0.1, 0.15) is 6.04 Å². The lowest BCUT2D eigenvalue weighted by atomic mass is 9.93. The van der Waals surface area contributed by atoms with Gasteiger partial charge in [-0.3, -0.25) is 19.2 Å². The minimum absolute atomic E-state index is 0.0170. The molecule has 0 aromatic heterocycles. The van der Waals surface area contributed by atoms with Crippen molar-refractivity contribution in [2.75, 3.05) is 34.4 Å². The van der Waals surface area contributed by atoms with Gasteiger partial charge in [-0.15, -0.1) is 0 Å². The molecule has 1 aliphatic heterocycles. The second-order valence-electron chi connectivity index (χ2n) is 13.8. The van der Waals surface area contributed by atoms with Crippen LogP contribution in [0.5, 0.6) is 0 Å². The number of carbonyl (C=O) groups excluding carboxylic acids is 4. The van der Waals surface area contributed by atoms with E-state index in [1.54, 1.807) is 49.8 Å². The topological polar surface area (TPSA) is 181 Å². The molecule has 6 atom stereocenters. The monoisotopic (exact) mass is 689 g/mol. The van der Waals surface area contributed by atoms with Crippen molar-refractivity contribution in [3.05, 3.63) is 35.9 Å². The minimum Gasteiger partial charge on any atom is -0.480 e. The third-order valence-corrected chi connectivity index (χ3v) is 9.07. The number of hydrogen-bond acceptors (Lipinski definition) is 8. The third kappa shape index (κ3) is 12.4. The number of amides is 4. The molecule has 1 saturated carbocycles. The quantitative estimate of drug-likeness (QED) is 0.191. The number of carboxylic acids is 1. The lowest BCUT2D eigenvalue weighted by molar-refractivity contribution is -0.146. The first-order chi connectivity index (χ1) is 23.1. The molecule has 2 fully saturated rings. The first-order valence-electron chi connectivity index (χ1n) is 17.4. The molecule has 2 aliphatic rings. The number of carboxylic acid groups (broad SMARTS) is 1. The molecule has 4 amide bonds. The maximum atomic E-state index is 13.8. The van der Waals surface area contributed by atoms with Gasteiger partial charge in [-0.05, 0) is 51.0 Å². The van der Waals surface area contributed by atoms with E-state index in [1.807, 2.05) is 18.2 Å². The van der Waals surface area contributed by atoms with Crippen LogP contribution in [-0.2, 0) is 39.9 Å². The van der Waals surface area contributed by atoms with Gasteiger partial charge in [-0.25, -0.2) is 4.79 Å². The molecule has 13 heteroatoms. The van der Waals surface area contributed by atoms with Crippen LogP contribution >= 0.6 is 0 Å². The largest absolute Gasteiger partial charge is 0.480 e. The van der Waals surface area contributed by atoms with Gasteiger partial charge >= 0.3 is 5.97 Å². The van der Waals surface area contributed by atoms with Gasteiger partial charge < -0.3 is 40.7 Å². The van der Waals surface area contributed by atoms with E-state index in [0.717, 1.165) is 24.8 Å². The van der Waals surface area contributed by atoms with Gasteiger partial charge in [0.2, 0.25) is 23.6 Å². The Bertz CT molecular complexity index is 1240. The number of likely N-dealkylation sites (N-methyl/N-ethyl adjacent to an activating group) is 1. The van der Waals surface area contributed by atoms with Crippen molar-refractivity contribution in [3.63, 3.8) is 0 Å². The molecule has 1 heterocycles. The number of likely N-dealkylation sites (tertiary alicyclic amines) is 1. The lowest BCUT2D eigenvalue weighted by Crippen LogP contribution is -2.55. The Hall–Kier alpha value is -3.55. The summed E-state index contributed by atoms with van der Waals surface area (Å²) in [6, 6.07) is 7.18. The zero-order valence-electron chi connectivity index (χ0n) is 30.6. The molecule has 0 radical (unpaired) electrons. The second kappa shape index (κ2) is 19.6. The summed E-state index contributed by atoms with van der Waals surface area (Å²) in [5.74, 6) is -3.12. The van der Waals surface area contributed by atoms with Crippen molar-refractivity contribution >= 4 is 29.6 Å². The minimum atomic E-state index is -1.14. The van der Waals surface area contributed by atoms with Crippen molar-refractivity contribution < 1.29 is 38.6 Å². The van der Waals surface area contributed by atoms with Gasteiger partial charge in [0.15, 0.2) is 0 Å². The average molecular weight is 690 g/mol. The van der Waals surface area contributed by atoms with Crippen molar-refractivity contribution in [2.24, 2.45) is 17.6 Å². The van der Waals surface area contributed by atoms with Crippen LogP contribution in [0.4, 0.5) is 0 Å². The van der Waals surface area contributed by atoms with Gasteiger partial charge in [0, 0.05) is 34.2 Å². The maximum absolute atomic E-state index is 13.8. The molecule has 1 aromatic rings. The van der Waals surface area contributed by atoms with E-state index in [-0.39, 0.29) is 43.2 Å². The molecule has 5 N–H and O–H groups in total. The van der Waals surface area contributed by atoms with E-state index in [4.69, 9.17) is 15.2 Å². The van der Waals surface area contributed by atoms with Crippen LogP contribution in [-0.4, -0.2) is 115 Å². The van der Waals surface area contributed by atoms with E-state index in [0.29, 0.717) is 13.0 Å². The Morgan fingerprint density at radius 1 is 1.06 bits per heavy atom. The van der Waals surface area contributed by atoms with Crippen LogP contribution in [0.2, 0.25) is 0 Å². The van der Waals surface area contributed by atoms with E-state index in [2.05, 4.69) is 24.5 Å². The Labute approximate surface area is 291 Å². The zero-order valence-corrected chi connectivity index (χ0v) is 30.6. The van der Waals surface area contributed by atoms with Gasteiger partial charge in [0.25, 0.3) is 0 Å². The molecule has 276 valence electrons. The molecule has 1 saturated heterocycles. The van der Waals surface area contributed by atoms with E-state index >= 15 is 0 Å². The first kappa shape index (κ1) is 41.6. The van der Waals surface area contributed by atoms with Gasteiger partial charge in [0.05, 0.1) is 48.7 Å². The highest BCUT2D eigenvalue weighted by atomic mass is 16.5. The number of aliphatic carboxylic acids is 1. The molecule has 13 nitrogen and oxygen atoms in total. The average Bonchev–Trinajstić information content (AvgIpc) is 3.77. The number of nitrogens with two attached hydrogens (primary N) is 1. The highest BCUT2D eigenvalue weighted by molar-refractivity contribution is 5.89. The molecule has 0 bridgehead atoms. The van der Waals surface area contributed by atoms with E-state index in [1.165, 1.54) is 20.6 Å². The fourth-order valence-electron chi connectivity index (χ4n) is 6.25. The normalized spacial score (nSPS) is 19.0. The summed E-state index contributed by atoms with van der Waals surface area (Å²) < 4.78 is 11.6. The molecule has 6 unspecified atom stereocenters. The Balaban J connectivity index is 0.00000267. The maximum Gasteiger partial charge on any atom is 0.326 e. The van der Waals surface area contributed by atoms with E-state index in [9.17, 15) is 29.1 Å². The second-order valence-corrected chi connectivity index (χ2v) is 13.8. The fraction of sp³-hybridized carbons (Fsp3) is 0.694. The third-order valence-electron chi connectivity index (χ3n) is 9.07. The van der Waals surface area contributed by atoms with Crippen molar-refractivity contribution in [3.8, 4) is 0 Å². The standard InChI is InChI=1S/C33H51N5O8.C3H8/c1-20(30(41)36-23(31(42)43)17-21-11-8-7-9-12-21)29(46-6)24-13-10-16-38(24)26(39)18-25(45-5)28(22-14-15-22)37(4)27(40)19-35-32(44)33(2,3)34;1-3-2/h7-9,11-12,20,22-25,28-29H,10,13-19,34H2,1-6H3,(H,35,44)(H,36,41)(H,42,43);3H2,1-2H3. The van der Waals surface area contributed by atoms with Gasteiger partial charge in [-0.1, -0.05) is 57.5 Å². The van der Waals surface area contributed by atoms with Crippen LogP contribution in [0.15, 0.2) is 30.3 Å². The highest BCUT2D eigenvalue weighted by Gasteiger charge is 2.45. The summed E-state index contributed by atoms with van der Waals surface area (Å²) >= 11 is 0. The Morgan fingerprint density at radius 3 is 2.18 bits per heavy atom. The molecule has 1 aliphatic carbocycles. The number of benzene rings is 1. The highest BCUT2D eigenvalue weighted by Crippen LogP contribution is 2.38. The number of nitrogens with one attached hydrogen (secondary N) is 2. The van der Waals surface area contributed by atoms with Crippen LogP contribution < -0.4 is 16.4 Å². The Kier molecular flexibility index (Phi) is 16.6. The molecule has 1 aromatic carbocycles. The van der Waals surface area contributed by atoms with Crippen LogP contribution in [0.25, 0.3) is 0 Å². The van der Waals surface area contributed by atoms with Crippen LogP contribution in [0.3, 0.4) is 0 Å². The van der Waals surface area contributed by atoms with Crippen molar-refractivity contribution in [2.45, 2.75) is 115 Å². The molecular formula is C36H59N5O8. The zero-order chi connectivity index (χ0) is 36.9. The number of carbonyl (C=O) groups is 5. The number of methoxy groups -OCH3 is 2. The number of nitrogens with zero attached hydrogens (tertiary/aromatic N) is 2. The fourth-order valence-corrected chi connectivity index (χ4v) is 6.25. The van der Waals surface area contributed by atoms with Crippen molar-refractivity contribution in [1.82, 2.24) is 20.4 Å². The predicted octanol–water partition coefficient (Wildman–Crippen LogP) is 2.35. The Morgan fingerprint density at radius 2 is 1.67 bits per heavy atom. The number of rotatable bonds is 17. The molecule has 49 heavy (non-hydrogen) atoms. The first-order valence-corrected chi connectivity index (χ1v) is 17.4. The molecule has 0 spiro atoms. The molecule has 3 rings (SSSR count). The number of hydrogen-bond donors (Lipinski definition) is 4. The van der Waals surface area contributed by atoms with Crippen LogP contribution in [0, 0.1) is 11.8 Å². The lowest BCUT2D eigenvalue weighted by Gasteiger charge is -2.37. The van der Waals surface area contributed by atoms with Crippen molar-refractivity contribution in [1.29, 1.82) is 0 Å². The summed E-state index contributed by atoms with van der Waals surface area (Å²) in [5, 5.41) is 15.0. The summed E-state index contributed by atoms with van der Waals surface area (Å²) in [5.41, 5.74) is 5.49. The van der Waals surface area contributed by atoms with Crippen LogP contribution in [0.1, 0.15) is 78.7 Å². The van der Waals surface area contributed by atoms with Gasteiger partial charge in [-0.2, -0.15) is 0 Å². The summed E-state index contributed by atoms with van der Waals surface area (Å²) in [4.78, 5) is 67.7. The molecular weight excluding hydrogens is 630 g/mol.